The zero-order valence-corrected chi connectivity index (χ0v) is 25.3. The van der Waals surface area contributed by atoms with Crippen molar-refractivity contribution >= 4 is 49.8 Å². The van der Waals surface area contributed by atoms with Crippen LogP contribution in [0.2, 0.25) is 0 Å². The molecule has 0 radical (unpaired) electrons. The first-order valence-electron chi connectivity index (χ1n) is 15.6. The topological polar surface area (TPSA) is 16.4 Å². The SMILES string of the molecule is CC1(C)c2ccccc2-c2ccc(N(c3ccccc3)c3ccc(-c4ccc5c(c4)oc4c6ccccc6ccc54)cc3)cc21. The zero-order valence-electron chi connectivity index (χ0n) is 25.3. The van der Waals surface area contributed by atoms with E-state index in [0.717, 1.165) is 55.5 Å². The number of hydrogen-bond acceptors (Lipinski definition) is 2. The first kappa shape index (κ1) is 25.9. The van der Waals surface area contributed by atoms with Crippen LogP contribution in [0.15, 0.2) is 156 Å². The van der Waals surface area contributed by atoms with Gasteiger partial charge in [0, 0.05) is 38.6 Å². The molecule has 45 heavy (non-hydrogen) atoms. The van der Waals surface area contributed by atoms with Crippen molar-refractivity contribution in [2.75, 3.05) is 4.90 Å². The van der Waals surface area contributed by atoms with Gasteiger partial charge in [0.2, 0.25) is 0 Å². The number of fused-ring (bicyclic) bond motifs is 8. The van der Waals surface area contributed by atoms with E-state index in [2.05, 4.69) is 170 Å². The van der Waals surface area contributed by atoms with Gasteiger partial charge in [0.1, 0.15) is 11.2 Å². The van der Waals surface area contributed by atoms with Crippen LogP contribution in [0.1, 0.15) is 25.0 Å². The molecule has 2 nitrogen and oxygen atoms in total. The van der Waals surface area contributed by atoms with Crippen LogP contribution in [0.25, 0.3) is 55.0 Å². The van der Waals surface area contributed by atoms with E-state index < -0.39 is 0 Å². The molecule has 1 aromatic heterocycles. The molecule has 0 fully saturated rings. The van der Waals surface area contributed by atoms with E-state index in [1.54, 1.807) is 0 Å². The number of benzene rings is 7. The van der Waals surface area contributed by atoms with E-state index in [0.29, 0.717) is 0 Å². The predicted octanol–water partition coefficient (Wildman–Crippen LogP) is 12.2. The van der Waals surface area contributed by atoms with Gasteiger partial charge in [-0.1, -0.05) is 111 Å². The van der Waals surface area contributed by atoms with Crippen LogP contribution in [0.5, 0.6) is 0 Å². The minimum Gasteiger partial charge on any atom is -0.455 e. The number of nitrogens with zero attached hydrogens (tertiary/aromatic N) is 1. The average molecular weight is 578 g/mol. The summed E-state index contributed by atoms with van der Waals surface area (Å²) in [6.45, 7) is 4.68. The molecule has 0 N–H and O–H groups in total. The van der Waals surface area contributed by atoms with Gasteiger partial charge in [0.25, 0.3) is 0 Å². The minimum atomic E-state index is -0.0598. The van der Waals surface area contributed by atoms with Crippen LogP contribution >= 0.6 is 0 Å². The van der Waals surface area contributed by atoms with Crippen molar-refractivity contribution in [3.63, 3.8) is 0 Å². The molecule has 1 aliphatic rings. The summed E-state index contributed by atoms with van der Waals surface area (Å²) in [6, 6.07) is 54.7. The lowest BCUT2D eigenvalue weighted by atomic mass is 9.82. The van der Waals surface area contributed by atoms with E-state index in [9.17, 15) is 0 Å². The van der Waals surface area contributed by atoms with Gasteiger partial charge >= 0.3 is 0 Å². The van der Waals surface area contributed by atoms with Gasteiger partial charge in [-0.15, -0.1) is 0 Å². The molecule has 0 aliphatic heterocycles. The molecular formula is C43H31NO. The molecule has 0 unspecified atom stereocenters. The van der Waals surface area contributed by atoms with Crippen molar-refractivity contribution in [2.45, 2.75) is 19.3 Å². The van der Waals surface area contributed by atoms with Gasteiger partial charge in [0.05, 0.1) is 0 Å². The van der Waals surface area contributed by atoms with Gasteiger partial charge in [-0.3, -0.25) is 0 Å². The Labute approximate surface area is 262 Å². The van der Waals surface area contributed by atoms with E-state index in [4.69, 9.17) is 4.42 Å². The molecule has 2 heteroatoms. The molecule has 1 aliphatic carbocycles. The fourth-order valence-corrected chi connectivity index (χ4v) is 7.34. The smallest absolute Gasteiger partial charge is 0.143 e. The number of anilines is 3. The van der Waals surface area contributed by atoms with E-state index >= 15 is 0 Å². The zero-order chi connectivity index (χ0) is 30.1. The number of rotatable bonds is 4. The highest BCUT2D eigenvalue weighted by molar-refractivity contribution is 6.15. The van der Waals surface area contributed by atoms with E-state index in [1.807, 2.05) is 0 Å². The maximum absolute atomic E-state index is 6.47. The average Bonchev–Trinajstić information content (AvgIpc) is 3.58. The highest BCUT2D eigenvalue weighted by Gasteiger charge is 2.35. The Kier molecular flexibility index (Phi) is 5.58. The summed E-state index contributed by atoms with van der Waals surface area (Å²) in [5.74, 6) is 0. The summed E-state index contributed by atoms with van der Waals surface area (Å²) in [5, 5.41) is 4.65. The van der Waals surface area contributed by atoms with Crippen molar-refractivity contribution in [1.82, 2.24) is 0 Å². The van der Waals surface area contributed by atoms with Crippen LogP contribution in [0, 0.1) is 0 Å². The summed E-state index contributed by atoms with van der Waals surface area (Å²) in [5.41, 5.74) is 12.9. The molecule has 0 bridgehead atoms. The Morgan fingerprint density at radius 1 is 0.467 bits per heavy atom. The Morgan fingerprint density at radius 3 is 2.00 bits per heavy atom. The largest absolute Gasteiger partial charge is 0.455 e. The summed E-state index contributed by atoms with van der Waals surface area (Å²) in [6.07, 6.45) is 0. The Hall–Kier alpha value is -5.60. The first-order valence-corrected chi connectivity index (χ1v) is 15.6. The first-order chi connectivity index (χ1) is 22.1. The maximum Gasteiger partial charge on any atom is 0.143 e. The maximum atomic E-state index is 6.47. The third kappa shape index (κ3) is 3.96. The molecule has 0 atom stereocenters. The van der Waals surface area contributed by atoms with Crippen LogP contribution in [0.4, 0.5) is 17.1 Å². The predicted molar refractivity (Wildman–Crippen MR) is 189 cm³/mol. The lowest BCUT2D eigenvalue weighted by Crippen LogP contribution is -2.16. The van der Waals surface area contributed by atoms with Crippen LogP contribution in [-0.4, -0.2) is 0 Å². The molecular weight excluding hydrogens is 546 g/mol. The van der Waals surface area contributed by atoms with Crippen LogP contribution in [0.3, 0.4) is 0 Å². The molecule has 9 rings (SSSR count). The van der Waals surface area contributed by atoms with Crippen molar-refractivity contribution in [2.24, 2.45) is 0 Å². The monoisotopic (exact) mass is 577 g/mol. The van der Waals surface area contributed by atoms with Crippen molar-refractivity contribution in [3.8, 4) is 22.3 Å². The fourth-order valence-electron chi connectivity index (χ4n) is 7.34. The molecule has 0 amide bonds. The van der Waals surface area contributed by atoms with E-state index in [1.165, 1.54) is 27.6 Å². The normalized spacial score (nSPS) is 13.3. The highest BCUT2D eigenvalue weighted by atomic mass is 16.3. The standard InChI is InChI=1S/C43H31NO/c1-43(2)39-15-9-8-14-35(39)36-25-22-33(27-40(36)43)44(31-11-4-3-5-12-31)32-20-16-28(17-21-32)30-19-23-37-38-24-18-29-10-6-7-13-34(29)42(38)45-41(37)26-30/h3-27H,1-2H3. The van der Waals surface area contributed by atoms with E-state index in [-0.39, 0.29) is 5.41 Å². The molecule has 7 aromatic carbocycles. The number of hydrogen-bond donors (Lipinski definition) is 0. The summed E-state index contributed by atoms with van der Waals surface area (Å²) in [7, 11) is 0. The van der Waals surface area contributed by atoms with Gasteiger partial charge < -0.3 is 9.32 Å². The molecule has 0 saturated carbocycles. The third-order valence-corrected chi connectivity index (χ3v) is 9.66. The molecule has 214 valence electrons. The van der Waals surface area contributed by atoms with Crippen LogP contribution < -0.4 is 4.90 Å². The summed E-state index contributed by atoms with van der Waals surface area (Å²) >= 11 is 0. The number of para-hydroxylation sites is 1. The third-order valence-electron chi connectivity index (χ3n) is 9.66. The summed E-state index contributed by atoms with van der Waals surface area (Å²) < 4.78 is 6.47. The second-order valence-electron chi connectivity index (χ2n) is 12.6. The minimum absolute atomic E-state index is 0.0598. The second kappa shape index (κ2) is 9.70. The highest BCUT2D eigenvalue weighted by Crippen LogP contribution is 2.50. The lowest BCUT2D eigenvalue weighted by molar-refractivity contribution is 0.660. The molecule has 1 heterocycles. The molecule has 0 spiro atoms. The molecule has 8 aromatic rings. The van der Waals surface area contributed by atoms with Gasteiger partial charge in [-0.25, -0.2) is 0 Å². The van der Waals surface area contributed by atoms with Gasteiger partial charge in [-0.2, -0.15) is 0 Å². The second-order valence-corrected chi connectivity index (χ2v) is 12.6. The summed E-state index contributed by atoms with van der Waals surface area (Å²) in [4.78, 5) is 2.36. The molecule has 0 saturated heterocycles. The Morgan fingerprint density at radius 2 is 1.13 bits per heavy atom. The lowest BCUT2D eigenvalue weighted by Gasteiger charge is -2.28. The van der Waals surface area contributed by atoms with Crippen molar-refractivity contribution in [1.29, 1.82) is 0 Å². The van der Waals surface area contributed by atoms with Gasteiger partial charge in [-0.05, 0) is 93.4 Å². The quantitative estimate of drug-likeness (QED) is 0.207. The van der Waals surface area contributed by atoms with Crippen molar-refractivity contribution < 1.29 is 4.42 Å². The Balaban J connectivity index is 1.12. The number of furan rings is 1. The fraction of sp³-hybridized carbons (Fsp3) is 0.0698. The Bertz CT molecular complexity index is 2400. The van der Waals surface area contributed by atoms with Crippen molar-refractivity contribution in [3.05, 3.63) is 163 Å². The van der Waals surface area contributed by atoms with Gasteiger partial charge in [0.15, 0.2) is 0 Å². The van der Waals surface area contributed by atoms with Crippen LogP contribution in [-0.2, 0) is 5.41 Å².